The number of hydrogen-bond donors (Lipinski definition) is 2. The molecular weight excluding hydrogens is 320 g/mol. The van der Waals surface area contributed by atoms with Gasteiger partial charge in [-0.05, 0) is 62.5 Å². The van der Waals surface area contributed by atoms with Crippen LogP contribution in [-0.4, -0.2) is 25.0 Å². The first-order valence-electron chi connectivity index (χ1n) is 9.32. The summed E-state index contributed by atoms with van der Waals surface area (Å²) in [4.78, 5) is 13.3. The maximum Gasteiger partial charge on any atom is 0.227 e. The molecule has 0 spiro atoms. The highest BCUT2D eigenvalue weighted by atomic mass is 35.5. The van der Waals surface area contributed by atoms with Crippen molar-refractivity contribution in [3.05, 3.63) is 35.9 Å². The Bertz CT molecular complexity index is 558. The molecular formula is C20H29ClN2O. The molecule has 1 aromatic carbocycles. The molecule has 2 bridgehead atoms. The molecule has 4 atom stereocenters. The van der Waals surface area contributed by atoms with E-state index in [1.807, 2.05) is 0 Å². The molecule has 1 aromatic rings. The van der Waals surface area contributed by atoms with Crippen LogP contribution in [0.25, 0.3) is 0 Å². The van der Waals surface area contributed by atoms with Crippen LogP contribution < -0.4 is 10.6 Å². The van der Waals surface area contributed by atoms with Gasteiger partial charge in [0.05, 0.1) is 5.41 Å². The second-order valence-corrected chi connectivity index (χ2v) is 7.92. The Balaban J connectivity index is 0.00000169. The summed E-state index contributed by atoms with van der Waals surface area (Å²) in [5.74, 6) is 1.70. The first-order valence-corrected chi connectivity index (χ1v) is 9.32. The van der Waals surface area contributed by atoms with Crippen molar-refractivity contribution in [3.8, 4) is 0 Å². The fourth-order valence-corrected chi connectivity index (χ4v) is 5.28. The standard InChI is InChI=1S/C20H28N2O.ClH/c23-19(22-18-7-4-10-21-14-18)20(12-15-5-2-1-3-6-15)13-16-8-9-17(20)11-16;/h1-3,5-6,16-18,21H,4,7-14H2,(H,22,23);1H/t16?,17?,18-,20?;/m0./s1. The van der Waals surface area contributed by atoms with E-state index in [4.69, 9.17) is 0 Å². The van der Waals surface area contributed by atoms with E-state index in [2.05, 4.69) is 41.0 Å². The number of benzene rings is 1. The van der Waals surface area contributed by atoms with Crippen molar-refractivity contribution in [1.29, 1.82) is 0 Å². The molecule has 4 rings (SSSR count). The summed E-state index contributed by atoms with van der Waals surface area (Å²) in [5.41, 5.74) is 1.17. The summed E-state index contributed by atoms with van der Waals surface area (Å²) in [6.07, 6.45) is 8.15. The average molecular weight is 349 g/mol. The van der Waals surface area contributed by atoms with Gasteiger partial charge in [0.2, 0.25) is 5.91 Å². The second kappa shape index (κ2) is 7.45. The van der Waals surface area contributed by atoms with Crippen molar-refractivity contribution >= 4 is 18.3 Å². The van der Waals surface area contributed by atoms with E-state index in [1.54, 1.807) is 0 Å². The fraction of sp³-hybridized carbons (Fsp3) is 0.650. The van der Waals surface area contributed by atoms with E-state index >= 15 is 0 Å². The summed E-state index contributed by atoms with van der Waals surface area (Å²) < 4.78 is 0. The molecule has 1 amide bonds. The third-order valence-corrected chi connectivity index (χ3v) is 6.42. The van der Waals surface area contributed by atoms with E-state index in [1.165, 1.54) is 31.2 Å². The zero-order valence-electron chi connectivity index (χ0n) is 14.3. The number of fused-ring (bicyclic) bond motifs is 2. The van der Waals surface area contributed by atoms with Gasteiger partial charge in [0.15, 0.2) is 0 Å². The van der Waals surface area contributed by atoms with Gasteiger partial charge in [0.25, 0.3) is 0 Å². The minimum Gasteiger partial charge on any atom is -0.352 e. The molecule has 2 aliphatic carbocycles. The lowest BCUT2D eigenvalue weighted by Gasteiger charge is -2.38. The van der Waals surface area contributed by atoms with Crippen molar-refractivity contribution in [2.75, 3.05) is 13.1 Å². The van der Waals surface area contributed by atoms with E-state index in [0.717, 1.165) is 38.3 Å². The molecule has 1 aliphatic heterocycles. The number of rotatable bonds is 4. The third-order valence-electron chi connectivity index (χ3n) is 6.42. The van der Waals surface area contributed by atoms with Crippen LogP contribution in [0.5, 0.6) is 0 Å². The molecule has 1 heterocycles. The molecule has 2 saturated carbocycles. The zero-order chi connectivity index (χ0) is 15.7. The number of halogens is 1. The molecule has 3 unspecified atom stereocenters. The predicted molar refractivity (Wildman–Crippen MR) is 99.3 cm³/mol. The quantitative estimate of drug-likeness (QED) is 0.876. The minimum absolute atomic E-state index is 0. The summed E-state index contributed by atoms with van der Waals surface area (Å²) >= 11 is 0. The Labute approximate surface area is 151 Å². The van der Waals surface area contributed by atoms with Gasteiger partial charge in [0.1, 0.15) is 0 Å². The first kappa shape index (κ1) is 17.8. The highest BCUT2D eigenvalue weighted by Crippen LogP contribution is 2.57. The molecule has 4 heteroatoms. The largest absolute Gasteiger partial charge is 0.352 e. The van der Waals surface area contributed by atoms with Crippen LogP contribution in [0.15, 0.2) is 30.3 Å². The van der Waals surface area contributed by atoms with E-state index in [-0.39, 0.29) is 17.8 Å². The van der Waals surface area contributed by atoms with E-state index in [9.17, 15) is 4.79 Å². The number of nitrogens with one attached hydrogen (secondary N) is 2. The van der Waals surface area contributed by atoms with Crippen LogP contribution in [0.1, 0.15) is 44.1 Å². The highest BCUT2D eigenvalue weighted by Gasteiger charge is 2.55. The van der Waals surface area contributed by atoms with Crippen LogP contribution in [-0.2, 0) is 11.2 Å². The smallest absolute Gasteiger partial charge is 0.227 e. The SMILES string of the molecule is Cl.O=C(N[C@H]1CCCNC1)C1(Cc2ccccc2)CC2CCC1C2. The van der Waals surface area contributed by atoms with Crippen LogP contribution in [0, 0.1) is 17.3 Å². The van der Waals surface area contributed by atoms with Crippen molar-refractivity contribution in [3.63, 3.8) is 0 Å². The average Bonchev–Trinajstić information content (AvgIpc) is 3.18. The van der Waals surface area contributed by atoms with Gasteiger partial charge < -0.3 is 10.6 Å². The molecule has 2 N–H and O–H groups in total. The zero-order valence-corrected chi connectivity index (χ0v) is 15.1. The third kappa shape index (κ3) is 3.34. The molecule has 3 aliphatic rings. The number of hydrogen-bond acceptors (Lipinski definition) is 2. The molecule has 3 nitrogen and oxygen atoms in total. The van der Waals surface area contributed by atoms with Gasteiger partial charge in [-0.1, -0.05) is 36.8 Å². The van der Waals surface area contributed by atoms with Gasteiger partial charge >= 0.3 is 0 Å². The monoisotopic (exact) mass is 348 g/mol. The molecule has 0 radical (unpaired) electrons. The number of carbonyl (C=O) groups excluding carboxylic acids is 1. The Morgan fingerprint density at radius 1 is 1.21 bits per heavy atom. The number of piperidine rings is 1. The fourth-order valence-electron chi connectivity index (χ4n) is 5.28. The predicted octanol–water partition coefficient (Wildman–Crippen LogP) is 3.33. The maximum atomic E-state index is 13.3. The Hall–Kier alpha value is -1.06. The van der Waals surface area contributed by atoms with Crippen molar-refractivity contribution in [1.82, 2.24) is 10.6 Å². The summed E-state index contributed by atoms with van der Waals surface area (Å²) in [6, 6.07) is 10.9. The molecule has 1 saturated heterocycles. The topological polar surface area (TPSA) is 41.1 Å². The first-order chi connectivity index (χ1) is 11.3. The summed E-state index contributed by atoms with van der Waals surface area (Å²) in [5, 5.41) is 6.82. The number of amides is 1. The highest BCUT2D eigenvalue weighted by molar-refractivity contribution is 5.85. The lowest BCUT2D eigenvalue weighted by atomic mass is 9.68. The minimum atomic E-state index is -0.151. The second-order valence-electron chi connectivity index (χ2n) is 7.92. The maximum absolute atomic E-state index is 13.3. The lowest BCUT2D eigenvalue weighted by Crippen LogP contribution is -2.53. The summed E-state index contributed by atoms with van der Waals surface area (Å²) in [7, 11) is 0. The molecule has 3 fully saturated rings. The number of carbonyl (C=O) groups is 1. The van der Waals surface area contributed by atoms with Crippen LogP contribution in [0.2, 0.25) is 0 Å². The molecule has 24 heavy (non-hydrogen) atoms. The Kier molecular flexibility index (Phi) is 5.51. The molecule has 132 valence electrons. The van der Waals surface area contributed by atoms with Gasteiger partial charge in [-0.25, -0.2) is 0 Å². The van der Waals surface area contributed by atoms with Gasteiger partial charge in [-0.3, -0.25) is 4.79 Å². The van der Waals surface area contributed by atoms with Gasteiger partial charge in [-0.2, -0.15) is 0 Å². The molecule has 0 aromatic heterocycles. The van der Waals surface area contributed by atoms with Crippen LogP contribution in [0.3, 0.4) is 0 Å². The Morgan fingerprint density at radius 2 is 2.04 bits per heavy atom. The van der Waals surface area contributed by atoms with Gasteiger partial charge in [0, 0.05) is 12.6 Å². The van der Waals surface area contributed by atoms with Crippen LogP contribution in [0.4, 0.5) is 0 Å². The Morgan fingerprint density at radius 3 is 2.67 bits per heavy atom. The van der Waals surface area contributed by atoms with Crippen molar-refractivity contribution in [2.45, 2.75) is 51.0 Å². The lowest BCUT2D eigenvalue weighted by molar-refractivity contribution is -0.135. The van der Waals surface area contributed by atoms with E-state index in [0.29, 0.717) is 17.9 Å². The van der Waals surface area contributed by atoms with Crippen molar-refractivity contribution < 1.29 is 4.79 Å². The normalized spacial score (nSPS) is 34.6. The summed E-state index contributed by atoms with van der Waals surface area (Å²) in [6.45, 7) is 2.02. The van der Waals surface area contributed by atoms with Gasteiger partial charge in [-0.15, -0.1) is 12.4 Å². The van der Waals surface area contributed by atoms with Crippen LogP contribution >= 0.6 is 12.4 Å². The van der Waals surface area contributed by atoms with Crippen molar-refractivity contribution in [2.24, 2.45) is 17.3 Å². The van der Waals surface area contributed by atoms with E-state index < -0.39 is 0 Å².